The van der Waals surface area contributed by atoms with Gasteiger partial charge in [0.2, 0.25) is 0 Å². The van der Waals surface area contributed by atoms with Crippen LogP contribution in [0.15, 0.2) is 0 Å². The molecule has 0 aliphatic carbocycles. The summed E-state index contributed by atoms with van der Waals surface area (Å²) in [4.78, 5) is 14.5. The van der Waals surface area contributed by atoms with Gasteiger partial charge in [-0.25, -0.2) is 0 Å². The van der Waals surface area contributed by atoms with Crippen LogP contribution in [-0.4, -0.2) is 34.1 Å². The smallest absolute Gasteiger partial charge is 0.276 e. The fraction of sp³-hybridized carbons (Fsp3) is 0.733. The van der Waals surface area contributed by atoms with E-state index >= 15 is 0 Å². The zero-order chi connectivity index (χ0) is 15.4. The van der Waals surface area contributed by atoms with Gasteiger partial charge in [-0.05, 0) is 17.8 Å². The van der Waals surface area contributed by atoms with E-state index in [4.69, 9.17) is 5.73 Å². The van der Waals surface area contributed by atoms with Crippen LogP contribution >= 0.6 is 0 Å². The molecule has 0 atom stereocenters. The van der Waals surface area contributed by atoms with Crippen molar-refractivity contribution in [1.29, 1.82) is 0 Å². The number of hydrogen-bond acceptors (Lipinski definition) is 3. The Hall–Kier alpha value is -1.52. The van der Waals surface area contributed by atoms with Gasteiger partial charge < -0.3 is 10.6 Å². The minimum absolute atomic E-state index is 0.0759. The lowest BCUT2D eigenvalue weighted by Crippen LogP contribution is -2.37. The standard InChI is InChI=1S/C15H28N4O/c1-9(2)7-19(8-10(3)4)15(20)14-12(16)13(11(5)6)17-18-14/h9-11H,7-8,16H2,1-6H3,(H,17,18). The van der Waals surface area contributed by atoms with E-state index in [9.17, 15) is 4.79 Å². The highest BCUT2D eigenvalue weighted by Gasteiger charge is 2.24. The molecule has 1 rings (SSSR count). The first kappa shape index (κ1) is 16.5. The maximum absolute atomic E-state index is 12.6. The number of nitrogens with one attached hydrogen (secondary N) is 1. The Balaban J connectivity index is 2.99. The van der Waals surface area contributed by atoms with Crippen LogP contribution < -0.4 is 5.73 Å². The molecule has 0 fully saturated rings. The monoisotopic (exact) mass is 280 g/mol. The van der Waals surface area contributed by atoms with Gasteiger partial charge in [0.1, 0.15) is 0 Å². The fourth-order valence-electron chi connectivity index (χ4n) is 2.24. The van der Waals surface area contributed by atoms with Gasteiger partial charge in [0.05, 0.1) is 11.4 Å². The molecule has 1 amide bonds. The predicted molar refractivity (Wildman–Crippen MR) is 82.7 cm³/mol. The summed E-state index contributed by atoms with van der Waals surface area (Å²) in [5.41, 5.74) is 7.74. The summed E-state index contributed by atoms with van der Waals surface area (Å²) in [7, 11) is 0. The van der Waals surface area contributed by atoms with E-state index in [1.165, 1.54) is 0 Å². The van der Waals surface area contributed by atoms with E-state index in [1.54, 1.807) is 0 Å². The molecule has 5 heteroatoms. The number of nitrogens with zero attached hydrogens (tertiary/aromatic N) is 2. The summed E-state index contributed by atoms with van der Waals surface area (Å²) in [6, 6.07) is 0. The molecular formula is C15H28N4O. The molecule has 1 aromatic heterocycles. The van der Waals surface area contributed by atoms with Crippen molar-refractivity contribution in [3.8, 4) is 0 Å². The quantitative estimate of drug-likeness (QED) is 0.841. The van der Waals surface area contributed by atoms with E-state index in [-0.39, 0.29) is 11.8 Å². The number of amides is 1. The zero-order valence-electron chi connectivity index (χ0n) is 13.5. The third-order valence-corrected chi connectivity index (χ3v) is 3.07. The van der Waals surface area contributed by atoms with Gasteiger partial charge in [0.15, 0.2) is 5.69 Å². The molecule has 0 aliphatic heterocycles. The van der Waals surface area contributed by atoms with Gasteiger partial charge in [-0.2, -0.15) is 5.10 Å². The number of H-pyrrole nitrogens is 1. The lowest BCUT2D eigenvalue weighted by atomic mass is 10.1. The lowest BCUT2D eigenvalue weighted by Gasteiger charge is -2.25. The number of rotatable bonds is 6. The van der Waals surface area contributed by atoms with Crippen LogP contribution in [0.5, 0.6) is 0 Å². The summed E-state index contributed by atoms with van der Waals surface area (Å²) in [5, 5.41) is 7.02. The van der Waals surface area contributed by atoms with E-state index in [0.717, 1.165) is 18.8 Å². The zero-order valence-corrected chi connectivity index (χ0v) is 13.5. The number of nitrogens with two attached hydrogens (primary N) is 1. The van der Waals surface area contributed by atoms with E-state index in [0.29, 0.717) is 23.2 Å². The van der Waals surface area contributed by atoms with Crippen LogP contribution in [-0.2, 0) is 0 Å². The Morgan fingerprint density at radius 3 is 2.00 bits per heavy atom. The van der Waals surface area contributed by atoms with Crippen molar-refractivity contribution in [1.82, 2.24) is 15.1 Å². The molecule has 1 heterocycles. The number of carbonyl (C=O) groups is 1. The van der Waals surface area contributed by atoms with Crippen molar-refractivity contribution in [3.05, 3.63) is 11.4 Å². The van der Waals surface area contributed by atoms with E-state index < -0.39 is 0 Å². The largest absolute Gasteiger partial charge is 0.395 e. The summed E-state index contributed by atoms with van der Waals surface area (Å²) in [6.07, 6.45) is 0. The molecule has 3 N–H and O–H groups in total. The summed E-state index contributed by atoms with van der Waals surface area (Å²) in [6.45, 7) is 13.9. The fourth-order valence-corrected chi connectivity index (χ4v) is 2.24. The molecule has 0 spiro atoms. The van der Waals surface area contributed by atoms with Gasteiger partial charge in [0.25, 0.3) is 5.91 Å². The van der Waals surface area contributed by atoms with Crippen LogP contribution in [0.25, 0.3) is 0 Å². The van der Waals surface area contributed by atoms with E-state index in [1.807, 2.05) is 18.7 Å². The summed E-state index contributed by atoms with van der Waals surface area (Å²) >= 11 is 0. The molecule has 0 bridgehead atoms. The second-order valence-electron chi connectivity index (χ2n) is 6.55. The minimum atomic E-state index is -0.0759. The third-order valence-electron chi connectivity index (χ3n) is 3.07. The van der Waals surface area contributed by atoms with Crippen molar-refractivity contribution >= 4 is 11.6 Å². The van der Waals surface area contributed by atoms with Crippen molar-refractivity contribution in [2.75, 3.05) is 18.8 Å². The van der Waals surface area contributed by atoms with Crippen LogP contribution in [0, 0.1) is 11.8 Å². The minimum Gasteiger partial charge on any atom is -0.395 e. The third kappa shape index (κ3) is 3.99. The number of nitrogen functional groups attached to an aromatic ring is 1. The highest BCUT2D eigenvalue weighted by atomic mass is 16.2. The molecule has 0 saturated heterocycles. The number of hydrogen-bond donors (Lipinski definition) is 2. The SMILES string of the molecule is CC(C)CN(CC(C)C)C(=O)c1n[nH]c(C(C)C)c1N. The van der Waals surface area contributed by atoms with Crippen molar-refractivity contribution in [2.45, 2.75) is 47.5 Å². The van der Waals surface area contributed by atoms with Crippen molar-refractivity contribution in [3.63, 3.8) is 0 Å². The van der Waals surface area contributed by atoms with E-state index in [2.05, 4.69) is 37.9 Å². The number of aromatic nitrogens is 2. The Morgan fingerprint density at radius 2 is 1.65 bits per heavy atom. The highest BCUT2D eigenvalue weighted by Crippen LogP contribution is 2.23. The number of anilines is 1. The highest BCUT2D eigenvalue weighted by molar-refractivity contribution is 5.97. The van der Waals surface area contributed by atoms with Crippen molar-refractivity contribution < 1.29 is 4.79 Å². The van der Waals surface area contributed by atoms with Gasteiger partial charge >= 0.3 is 0 Å². The van der Waals surface area contributed by atoms with Crippen molar-refractivity contribution in [2.24, 2.45) is 11.8 Å². The van der Waals surface area contributed by atoms with Crippen LogP contribution in [0.2, 0.25) is 0 Å². The second-order valence-corrected chi connectivity index (χ2v) is 6.55. The van der Waals surface area contributed by atoms with Gasteiger partial charge in [-0.3, -0.25) is 9.89 Å². The molecular weight excluding hydrogens is 252 g/mol. The predicted octanol–water partition coefficient (Wildman–Crippen LogP) is 2.87. The molecule has 0 unspecified atom stereocenters. The summed E-state index contributed by atoms with van der Waals surface area (Å²) in [5.74, 6) is 0.991. The lowest BCUT2D eigenvalue weighted by molar-refractivity contribution is 0.0710. The number of aromatic amines is 1. The molecule has 0 saturated carbocycles. The molecule has 0 radical (unpaired) electrons. The average molecular weight is 280 g/mol. The Kier molecular flexibility index (Phi) is 5.60. The topological polar surface area (TPSA) is 75.0 Å². The Bertz CT molecular complexity index is 439. The molecule has 114 valence electrons. The molecule has 20 heavy (non-hydrogen) atoms. The normalized spacial score (nSPS) is 11.7. The molecule has 0 aromatic carbocycles. The van der Waals surface area contributed by atoms with Gasteiger partial charge in [0, 0.05) is 13.1 Å². The molecule has 5 nitrogen and oxygen atoms in total. The first-order valence-corrected chi connectivity index (χ1v) is 7.37. The van der Waals surface area contributed by atoms with Crippen LogP contribution in [0.3, 0.4) is 0 Å². The first-order chi connectivity index (χ1) is 9.23. The first-order valence-electron chi connectivity index (χ1n) is 7.37. The average Bonchev–Trinajstić information content (AvgIpc) is 2.68. The Labute approximate surface area is 121 Å². The maximum Gasteiger partial charge on any atom is 0.276 e. The van der Waals surface area contributed by atoms with Gasteiger partial charge in [-0.1, -0.05) is 41.5 Å². The second kappa shape index (κ2) is 6.77. The maximum atomic E-state index is 12.6. The molecule has 1 aromatic rings. The Morgan fingerprint density at radius 1 is 1.15 bits per heavy atom. The summed E-state index contributed by atoms with van der Waals surface area (Å²) < 4.78 is 0. The molecule has 0 aliphatic rings. The van der Waals surface area contributed by atoms with Gasteiger partial charge in [-0.15, -0.1) is 0 Å². The van der Waals surface area contributed by atoms with Crippen LogP contribution in [0.1, 0.15) is 63.6 Å². The van der Waals surface area contributed by atoms with Crippen LogP contribution in [0.4, 0.5) is 5.69 Å². The number of carbonyl (C=O) groups excluding carboxylic acids is 1.